The minimum absolute atomic E-state index is 0.0859. The topological polar surface area (TPSA) is 29.1 Å². The number of carbonyl (C=O) groups excluding carboxylic acids is 1. The molecule has 3 rings (SSSR count). The highest BCUT2D eigenvalue weighted by atomic mass is 32.2. The fourth-order valence-electron chi connectivity index (χ4n) is 2.81. The van der Waals surface area contributed by atoms with Gasteiger partial charge in [0.15, 0.2) is 0 Å². The normalized spacial score (nSPS) is 17.3. The summed E-state index contributed by atoms with van der Waals surface area (Å²) in [6.07, 6.45) is 1.98. The van der Waals surface area contributed by atoms with Crippen molar-refractivity contribution in [2.24, 2.45) is 0 Å². The molecule has 0 fully saturated rings. The van der Waals surface area contributed by atoms with Gasteiger partial charge in [-0.15, -0.1) is 11.8 Å². The van der Waals surface area contributed by atoms with Gasteiger partial charge in [0, 0.05) is 5.69 Å². The number of nitrogens with one attached hydrogen (secondary N) is 1. The van der Waals surface area contributed by atoms with Crippen LogP contribution < -0.4 is 5.32 Å². The lowest BCUT2D eigenvalue weighted by molar-refractivity contribution is -0.115. The molecule has 2 aromatic carbocycles. The number of hydrogen-bond donors (Lipinski definition) is 1. The van der Waals surface area contributed by atoms with Gasteiger partial charge < -0.3 is 5.32 Å². The Morgan fingerprint density at radius 3 is 2.23 bits per heavy atom. The summed E-state index contributed by atoms with van der Waals surface area (Å²) in [7, 11) is 0. The summed E-state index contributed by atoms with van der Waals surface area (Å²) in [6, 6.07) is 14.9. The number of anilines is 1. The highest BCUT2D eigenvalue weighted by Gasteiger charge is 2.29. The van der Waals surface area contributed by atoms with Crippen LogP contribution in [0.5, 0.6) is 0 Å². The Morgan fingerprint density at radius 1 is 1.00 bits per heavy atom. The Balaban J connectivity index is 1.97. The molecule has 1 N–H and O–H groups in total. The second kappa shape index (κ2) is 5.47. The number of fused-ring (bicyclic) bond motifs is 1. The van der Waals surface area contributed by atoms with Crippen molar-refractivity contribution in [1.82, 2.24) is 0 Å². The maximum Gasteiger partial charge on any atom is 0.242 e. The van der Waals surface area contributed by atoms with Gasteiger partial charge in [0.25, 0.3) is 0 Å². The number of benzene rings is 2. The van der Waals surface area contributed by atoms with Crippen molar-refractivity contribution in [2.75, 3.05) is 11.6 Å². The van der Waals surface area contributed by atoms with E-state index in [0.29, 0.717) is 0 Å². The van der Waals surface area contributed by atoms with Crippen LogP contribution in [0.25, 0.3) is 11.1 Å². The van der Waals surface area contributed by atoms with Gasteiger partial charge in [-0.1, -0.05) is 51.1 Å². The monoisotopic (exact) mass is 311 g/mol. The standard InChI is InChI=1S/C19H21NOS/c1-19(2,3)14-8-5-12(6-9-14)13-7-10-16-15(11-13)17(22-4)18(21)20-16/h5-11,17H,1-4H3,(H,20,21). The van der Waals surface area contributed by atoms with Crippen molar-refractivity contribution in [2.45, 2.75) is 31.4 Å². The van der Waals surface area contributed by atoms with Crippen molar-refractivity contribution in [1.29, 1.82) is 0 Å². The summed E-state index contributed by atoms with van der Waals surface area (Å²) in [4.78, 5) is 11.9. The molecule has 1 atom stereocenters. The third-order valence-corrected chi connectivity index (χ3v) is 5.09. The van der Waals surface area contributed by atoms with Gasteiger partial charge in [-0.2, -0.15) is 0 Å². The van der Waals surface area contributed by atoms with E-state index in [0.717, 1.165) is 16.8 Å². The van der Waals surface area contributed by atoms with Gasteiger partial charge in [0.1, 0.15) is 5.25 Å². The van der Waals surface area contributed by atoms with E-state index in [1.54, 1.807) is 11.8 Å². The van der Waals surface area contributed by atoms with E-state index in [1.165, 1.54) is 11.1 Å². The molecule has 0 saturated heterocycles. The van der Waals surface area contributed by atoms with Crippen LogP contribution in [-0.2, 0) is 10.2 Å². The van der Waals surface area contributed by atoms with Crippen LogP contribution in [0.1, 0.15) is 37.1 Å². The zero-order valence-electron chi connectivity index (χ0n) is 13.4. The van der Waals surface area contributed by atoms with Crippen molar-refractivity contribution in [3.8, 4) is 11.1 Å². The molecule has 2 aromatic rings. The van der Waals surface area contributed by atoms with Crippen molar-refractivity contribution >= 4 is 23.4 Å². The summed E-state index contributed by atoms with van der Waals surface area (Å²) < 4.78 is 0. The van der Waals surface area contributed by atoms with E-state index in [2.05, 4.69) is 62.5 Å². The third kappa shape index (κ3) is 2.66. The first-order valence-electron chi connectivity index (χ1n) is 7.48. The highest BCUT2D eigenvalue weighted by Crippen LogP contribution is 2.40. The van der Waals surface area contributed by atoms with Gasteiger partial charge in [0.2, 0.25) is 5.91 Å². The Kier molecular flexibility index (Phi) is 3.77. The molecule has 1 unspecified atom stereocenters. The average molecular weight is 311 g/mol. The van der Waals surface area contributed by atoms with Crippen LogP contribution >= 0.6 is 11.8 Å². The minimum atomic E-state index is -0.0937. The molecule has 0 aliphatic carbocycles. The van der Waals surface area contributed by atoms with Gasteiger partial charge in [-0.25, -0.2) is 0 Å². The first-order chi connectivity index (χ1) is 10.4. The average Bonchev–Trinajstić information content (AvgIpc) is 2.80. The number of thioether (sulfide) groups is 1. The molecule has 1 aliphatic rings. The van der Waals surface area contributed by atoms with Crippen molar-refractivity contribution < 1.29 is 4.79 Å². The number of rotatable bonds is 2. The Bertz CT molecular complexity index is 713. The molecule has 1 amide bonds. The van der Waals surface area contributed by atoms with Crippen LogP contribution in [0.2, 0.25) is 0 Å². The van der Waals surface area contributed by atoms with Crippen LogP contribution in [0.15, 0.2) is 42.5 Å². The molecule has 0 bridgehead atoms. The predicted molar refractivity (Wildman–Crippen MR) is 95.5 cm³/mol. The largest absolute Gasteiger partial charge is 0.325 e. The lowest BCUT2D eigenvalue weighted by atomic mass is 9.86. The van der Waals surface area contributed by atoms with Gasteiger partial charge in [-0.05, 0) is 46.1 Å². The van der Waals surface area contributed by atoms with E-state index in [4.69, 9.17) is 0 Å². The van der Waals surface area contributed by atoms with Crippen molar-refractivity contribution in [3.63, 3.8) is 0 Å². The summed E-state index contributed by atoms with van der Waals surface area (Å²) in [5.41, 5.74) is 5.88. The zero-order valence-corrected chi connectivity index (χ0v) is 14.3. The zero-order chi connectivity index (χ0) is 15.9. The second-order valence-corrected chi connectivity index (χ2v) is 7.68. The minimum Gasteiger partial charge on any atom is -0.325 e. The maximum atomic E-state index is 11.9. The Hall–Kier alpha value is -1.74. The molecule has 0 aromatic heterocycles. The van der Waals surface area contributed by atoms with Crippen molar-refractivity contribution in [3.05, 3.63) is 53.6 Å². The lowest BCUT2D eigenvalue weighted by Crippen LogP contribution is -2.10. The number of hydrogen-bond acceptors (Lipinski definition) is 2. The molecule has 0 radical (unpaired) electrons. The molecule has 0 saturated carbocycles. The van der Waals surface area contributed by atoms with Crippen LogP contribution in [0.3, 0.4) is 0 Å². The first-order valence-corrected chi connectivity index (χ1v) is 8.77. The van der Waals surface area contributed by atoms with Gasteiger partial charge in [-0.3, -0.25) is 4.79 Å². The molecule has 0 spiro atoms. The molecule has 22 heavy (non-hydrogen) atoms. The molecule has 1 aliphatic heterocycles. The second-order valence-electron chi connectivity index (χ2n) is 6.73. The Morgan fingerprint density at radius 2 is 1.64 bits per heavy atom. The summed E-state index contributed by atoms with van der Waals surface area (Å²) in [5, 5.41) is 2.85. The maximum absolute atomic E-state index is 11.9. The smallest absolute Gasteiger partial charge is 0.242 e. The van der Waals surface area contributed by atoms with E-state index < -0.39 is 0 Å². The third-order valence-electron chi connectivity index (χ3n) is 4.15. The van der Waals surface area contributed by atoms with E-state index in [1.807, 2.05) is 12.3 Å². The first kappa shape index (κ1) is 15.2. The van der Waals surface area contributed by atoms with Gasteiger partial charge >= 0.3 is 0 Å². The summed E-state index contributed by atoms with van der Waals surface area (Å²) in [5.74, 6) is 0.0859. The van der Waals surface area contributed by atoms with E-state index >= 15 is 0 Å². The van der Waals surface area contributed by atoms with Gasteiger partial charge in [0.05, 0.1) is 0 Å². The van der Waals surface area contributed by atoms with E-state index in [-0.39, 0.29) is 16.6 Å². The molecular weight excluding hydrogens is 290 g/mol. The molecule has 2 nitrogen and oxygen atoms in total. The summed E-state index contributed by atoms with van der Waals surface area (Å²) >= 11 is 1.58. The SMILES string of the molecule is CSC1C(=O)Nc2ccc(-c3ccc(C(C)(C)C)cc3)cc21. The van der Waals surface area contributed by atoms with E-state index in [9.17, 15) is 4.79 Å². The molecular formula is C19H21NOS. The Labute approximate surface area is 136 Å². The lowest BCUT2D eigenvalue weighted by Gasteiger charge is -2.19. The van der Waals surface area contributed by atoms with Crippen LogP contribution in [0.4, 0.5) is 5.69 Å². The summed E-state index contributed by atoms with van der Waals surface area (Å²) in [6.45, 7) is 6.66. The fourth-order valence-corrected chi connectivity index (χ4v) is 3.53. The molecule has 3 heteroatoms. The van der Waals surface area contributed by atoms with Crippen LogP contribution in [0, 0.1) is 0 Å². The predicted octanol–water partition coefficient (Wildman–Crippen LogP) is 5.01. The van der Waals surface area contributed by atoms with Crippen LogP contribution in [-0.4, -0.2) is 12.2 Å². The fraction of sp³-hybridized carbons (Fsp3) is 0.316. The molecule has 1 heterocycles. The number of amides is 1. The molecule has 114 valence electrons. The highest BCUT2D eigenvalue weighted by molar-refractivity contribution is 7.99. The quantitative estimate of drug-likeness (QED) is 0.845. The number of carbonyl (C=O) groups is 1.